The molecule has 0 radical (unpaired) electrons. The number of para-hydroxylation sites is 1. The quantitative estimate of drug-likeness (QED) is 0.741. The summed E-state index contributed by atoms with van der Waals surface area (Å²) in [7, 11) is 0. The standard InChI is InChI=1S/C18H23NO3S/c19-14-18(6-8-20-9-7-18)5-2-12-23-13-15-3-1-4-16-17(15)22-11-10-21-16/h1,3-4H,2,5-13H2. The Morgan fingerprint density at radius 1 is 1.13 bits per heavy atom. The Morgan fingerprint density at radius 2 is 1.96 bits per heavy atom. The van der Waals surface area contributed by atoms with Gasteiger partial charge in [0.25, 0.3) is 0 Å². The van der Waals surface area contributed by atoms with E-state index < -0.39 is 0 Å². The van der Waals surface area contributed by atoms with Gasteiger partial charge in [-0.15, -0.1) is 0 Å². The van der Waals surface area contributed by atoms with Gasteiger partial charge in [0.05, 0.1) is 11.5 Å². The maximum Gasteiger partial charge on any atom is 0.165 e. The molecule has 1 aromatic rings. The third kappa shape index (κ3) is 4.13. The Kier molecular flexibility index (Phi) is 5.69. The van der Waals surface area contributed by atoms with Crippen LogP contribution in [0.2, 0.25) is 0 Å². The van der Waals surface area contributed by atoms with Crippen LogP contribution < -0.4 is 9.47 Å². The summed E-state index contributed by atoms with van der Waals surface area (Å²) in [6.45, 7) is 2.72. The predicted octanol–water partition coefficient (Wildman–Crippen LogP) is 3.79. The van der Waals surface area contributed by atoms with Crippen LogP contribution in [-0.4, -0.2) is 32.2 Å². The molecule has 1 saturated heterocycles. The molecule has 5 heteroatoms. The highest BCUT2D eigenvalue weighted by atomic mass is 32.2. The third-order valence-corrected chi connectivity index (χ3v) is 5.63. The highest BCUT2D eigenvalue weighted by Crippen LogP contribution is 2.37. The van der Waals surface area contributed by atoms with E-state index >= 15 is 0 Å². The molecule has 2 aliphatic rings. The molecule has 0 unspecified atom stereocenters. The van der Waals surface area contributed by atoms with E-state index in [0.717, 1.165) is 61.9 Å². The van der Waals surface area contributed by atoms with Gasteiger partial charge in [0.2, 0.25) is 0 Å². The maximum atomic E-state index is 9.47. The Labute approximate surface area is 142 Å². The average molecular weight is 333 g/mol. The second kappa shape index (κ2) is 7.94. The largest absolute Gasteiger partial charge is 0.486 e. The highest BCUT2D eigenvalue weighted by molar-refractivity contribution is 7.98. The van der Waals surface area contributed by atoms with Crippen LogP contribution >= 0.6 is 11.8 Å². The summed E-state index contributed by atoms with van der Waals surface area (Å²) in [5.41, 5.74) is 1.05. The van der Waals surface area contributed by atoms with Crippen molar-refractivity contribution in [2.75, 3.05) is 32.2 Å². The zero-order valence-corrected chi connectivity index (χ0v) is 14.2. The van der Waals surface area contributed by atoms with Crippen LogP contribution in [0.3, 0.4) is 0 Å². The zero-order valence-electron chi connectivity index (χ0n) is 13.4. The molecule has 124 valence electrons. The number of hydrogen-bond acceptors (Lipinski definition) is 5. The number of rotatable bonds is 6. The van der Waals surface area contributed by atoms with Crippen molar-refractivity contribution < 1.29 is 14.2 Å². The van der Waals surface area contributed by atoms with Crippen molar-refractivity contribution in [2.24, 2.45) is 5.41 Å². The zero-order chi connectivity index (χ0) is 16.0. The minimum Gasteiger partial charge on any atom is -0.486 e. The molecule has 23 heavy (non-hydrogen) atoms. The van der Waals surface area contributed by atoms with E-state index in [4.69, 9.17) is 14.2 Å². The van der Waals surface area contributed by atoms with Gasteiger partial charge in [-0.25, -0.2) is 0 Å². The van der Waals surface area contributed by atoms with E-state index in [0.29, 0.717) is 13.2 Å². The van der Waals surface area contributed by atoms with Gasteiger partial charge in [0, 0.05) is 24.5 Å². The molecule has 0 atom stereocenters. The van der Waals surface area contributed by atoms with Gasteiger partial charge in [-0.1, -0.05) is 12.1 Å². The van der Waals surface area contributed by atoms with Crippen LogP contribution in [0.25, 0.3) is 0 Å². The lowest BCUT2D eigenvalue weighted by Crippen LogP contribution is -2.28. The lowest BCUT2D eigenvalue weighted by Gasteiger charge is -2.30. The first-order valence-electron chi connectivity index (χ1n) is 8.27. The van der Waals surface area contributed by atoms with E-state index in [9.17, 15) is 5.26 Å². The van der Waals surface area contributed by atoms with Gasteiger partial charge in [0.15, 0.2) is 11.5 Å². The number of hydrogen-bond donors (Lipinski definition) is 0. The fourth-order valence-electron chi connectivity index (χ4n) is 3.12. The maximum absolute atomic E-state index is 9.47. The van der Waals surface area contributed by atoms with Crippen LogP contribution in [0.4, 0.5) is 0 Å². The van der Waals surface area contributed by atoms with Crippen molar-refractivity contribution in [1.29, 1.82) is 5.26 Å². The van der Waals surface area contributed by atoms with E-state index in [1.54, 1.807) is 0 Å². The van der Waals surface area contributed by atoms with Gasteiger partial charge in [-0.05, 0) is 37.5 Å². The van der Waals surface area contributed by atoms with Crippen LogP contribution in [-0.2, 0) is 10.5 Å². The van der Waals surface area contributed by atoms with Crippen molar-refractivity contribution in [3.05, 3.63) is 23.8 Å². The monoisotopic (exact) mass is 333 g/mol. The van der Waals surface area contributed by atoms with Crippen molar-refractivity contribution in [3.63, 3.8) is 0 Å². The van der Waals surface area contributed by atoms with E-state index in [1.165, 1.54) is 5.56 Å². The number of thioether (sulfide) groups is 1. The SMILES string of the molecule is N#CC1(CCCSCc2cccc3c2OCCO3)CCOCC1. The molecule has 3 rings (SSSR count). The fourth-order valence-corrected chi connectivity index (χ4v) is 4.06. The Bertz CT molecular complexity index is 564. The Hall–Kier alpha value is -1.38. The first kappa shape index (κ1) is 16.5. The van der Waals surface area contributed by atoms with Gasteiger partial charge in [-0.3, -0.25) is 0 Å². The normalized spacial score (nSPS) is 19.1. The second-order valence-electron chi connectivity index (χ2n) is 6.10. The summed E-state index contributed by atoms with van der Waals surface area (Å²) in [6, 6.07) is 8.63. The Balaban J connectivity index is 1.44. The van der Waals surface area contributed by atoms with Gasteiger partial charge in [0.1, 0.15) is 13.2 Å². The second-order valence-corrected chi connectivity index (χ2v) is 7.21. The molecule has 1 fully saturated rings. The molecule has 2 heterocycles. The van der Waals surface area contributed by atoms with E-state index in [-0.39, 0.29) is 5.41 Å². The van der Waals surface area contributed by atoms with Gasteiger partial charge >= 0.3 is 0 Å². The Morgan fingerprint density at radius 3 is 2.78 bits per heavy atom. The molecule has 0 saturated carbocycles. The van der Waals surface area contributed by atoms with Gasteiger partial charge < -0.3 is 14.2 Å². The topological polar surface area (TPSA) is 51.5 Å². The molecule has 4 nitrogen and oxygen atoms in total. The van der Waals surface area contributed by atoms with Crippen LogP contribution in [0.15, 0.2) is 18.2 Å². The first-order chi connectivity index (χ1) is 11.3. The van der Waals surface area contributed by atoms with Crippen LogP contribution in [0.5, 0.6) is 11.5 Å². The molecule has 0 amide bonds. The van der Waals surface area contributed by atoms with Crippen molar-refractivity contribution in [2.45, 2.75) is 31.4 Å². The summed E-state index contributed by atoms with van der Waals surface area (Å²) < 4.78 is 16.7. The number of nitriles is 1. The van der Waals surface area contributed by atoms with E-state index in [2.05, 4.69) is 12.1 Å². The smallest absolute Gasteiger partial charge is 0.165 e. The summed E-state index contributed by atoms with van der Waals surface area (Å²) in [4.78, 5) is 0. The van der Waals surface area contributed by atoms with Gasteiger partial charge in [-0.2, -0.15) is 17.0 Å². The minimum absolute atomic E-state index is 0.151. The van der Waals surface area contributed by atoms with Crippen LogP contribution in [0, 0.1) is 16.7 Å². The molecule has 0 aromatic heterocycles. The molecule has 0 bridgehead atoms. The molecular formula is C18H23NO3S. The minimum atomic E-state index is -0.151. The number of nitrogens with zero attached hydrogens (tertiary/aromatic N) is 1. The van der Waals surface area contributed by atoms with Crippen molar-refractivity contribution in [1.82, 2.24) is 0 Å². The lowest BCUT2D eigenvalue weighted by molar-refractivity contribution is 0.0368. The summed E-state index contributed by atoms with van der Waals surface area (Å²) in [6.07, 6.45) is 3.81. The van der Waals surface area contributed by atoms with Crippen molar-refractivity contribution in [3.8, 4) is 17.6 Å². The molecule has 2 aliphatic heterocycles. The number of ether oxygens (including phenoxy) is 3. The number of fused-ring (bicyclic) bond motifs is 1. The summed E-state index contributed by atoms with van der Waals surface area (Å²) in [5, 5.41) is 9.47. The van der Waals surface area contributed by atoms with Crippen molar-refractivity contribution >= 4 is 11.8 Å². The highest BCUT2D eigenvalue weighted by Gasteiger charge is 2.31. The molecule has 1 aromatic carbocycles. The van der Waals surface area contributed by atoms with E-state index in [1.807, 2.05) is 23.9 Å². The number of benzene rings is 1. The molecular weight excluding hydrogens is 310 g/mol. The lowest BCUT2D eigenvalue weighted by atomic mass is 9.78. The van der Waals surface area contributed by atoms with Crippen LogP contribution in [0.1, 0.15) is 31.2 Å². The molecule has 0 N–H and O–H groups in total. The molecule has 0 aliphatic carbocycles. The first-order valence-corrected chi connectivity index (χ1v) is 9.43. The predicted molar refractivity (Wildman–Crippen MR) is 90.9 cm³/mol. The summed E-state index contributed by atoms with van der Waals surface area (Å²) in [5.74, 6) is 3.76. The third-order valence-electron chi connectivity index (χ3n) is 4.54. The fraction of sp³-hybridized carbons (Fsp3) is 0.611. The summed E-state index contributed by atoms with van der Waals surface area (Å²) >= 11 is 1.90. The average Bonchev–Trinajstić information content (AvgIpc) is 2.62. The molecule has 0 spiro atoms.